The van der Waals surface area contributed by atoms with E-state index in [-0.39, 0.29) is 30.0 Å². The van der Waals surface area contributed by atoms with Crippen LogP contribution in [0.1, 0.15) is 19.4 Å². The van der Waals surface area contributed by atoms with Crippen LogP contribution in [0, 0.1) is 0 Å². The van der Waals surface area contributed by atoms with Crippen molar-refractivity contribution >= 4 is 40.0 Å². The number of nitrogens with zero attached hydrogens (tertiary/aromatic N) is 2. The van der Waals surface area contributed by atoms with Crippen molar-refractivity contribution in [3.63, 3.8) is 0 Å². The van der Waals surface area contributed by atoms with E-state index in [1.807, 2.05) is 13.8 Å². The summed E-state index contributed by atoms with van der Waals surface area (Å²) in [5.41, 5.74) is 0.968. The van der Waals surface area contributed by atoms with Crippen LogP contribution >= 0.6 is 24.0 Å². The molecular formula is C16H29IN4O3S. The van der Waals surface area contributed by atoms with Crippen LogP contribution in [-0.4, -0.2) is 59.1 Å². The summed E-state index contributed by atoms with van der Waals surface area (Å²) in [5.74, 6) is 0.670. The second-order valence-electron chi connectivity index (χ2n) is 5.60. The van der Waals surface area contributed by atoms with Crippen LogP contribution in [0.25, 0.3) is 0 Å². The van der Waals surface area contributed by atoms with Crippen molar-refractivity contribution in [3.05, 3.63) is 29.8 Å². The third-order valence-corrected chi connectivity index (χ3v) is 5.66. The van der Waals surface area contributed by atoms with Gasteiger partial charge in [-0.1, -0.05) is 12.1 Å². The lowest BCUT2D eigenvalue weighted by molar-refractivity contribution is 0.203. The summed E-state index contributed by atoms with van der Waals surface area (Å²) in [5, 5.41) is 6.28. The highest BCUT2D eigenvalue weighted by Crippen LogP contribution is 2.17. The predicted octanol–water partition coefficient (Wildman–Crippen LogP) is 1.64. The van der Waals surface area contributed by atoms with E-state index in [9.17, 15) is 8.42 Å². The zero-order chi connectivity index (χ0) is 18.2. The van der Waals surface area contributed by atoms with Crippen molar-refractivity contribution in [2.45, 2.75) is 31.3 Å². The van der Waals surface area contributed by atoms with Gasteiger partial charge in [0, 0.05) is 40.3 Å². The fraction of sp³-hybridized carbons (Fsp3) is 0.562. The first-order chi connectivity index (χ1) is 11.3. The SMILES string of the molecule is CN=C(NCCOC)NCc1ccc(S(=O)(=O)N(C)C(C)C)cc1.I. The fourth-order valence-corrected chi connectivity index (χ4v) is 3.27. The lowest BCUT2D eigenvalue weighted by Crippen LogP contribution is -2.38. The highest BCUT2D eigenvalue weighted by molar-refractivity contribution is 14.0. The lowest BCUT2D eigenvalue weighted by atomic mass is 10.2. The maximum absolute atomic E-state index is 12.4. The summed E-state index contributed by atoms with van der Waals surface area (Å²) < 4.78 is 31.2. The zero-order valence-electron chi connectivity index (χ0n) is 15.4. The van der Waals surface area contributed by atoms with Crippen molar-refractivity contribution in [1.29, 1.82) is 0 Å². The van der Waals surface area contributed by atoms with Gasteiger partial charge in [0.05, 0.1) is 11.5 Å². The van der Waals surface area contributed by atoms with Gasteiger partial charge in [-0.05, 0) is 31.5 Å². The number of rotatable bonds is 8. The van der Waals surface area contributed by atoms with E-state index in [0.717, 1.165) is 5.56 Å². The van der Waals surface area contributed by atoms with E-state index in [1.54, 1.807) is 45.5 Å². The highest BCUT2D eigenvalue weighted by atomic mass is 127. The van der Waals surface area contributed by atoms with Gasteiger partial charge in [-0.3, -0.25) is 4.99 Å². The van der Waals surface area contributed by atoms with Crippen molar-refractivity contribution in [3.8, 4) is 0 Å². The molecule has 2 N–H and O–H groups in total. The number of hydrogen-bond donors (Lipinski definition) is 2. The third-order valence-electron chi connectivity index (χ3n) is 3.61. The Kier molecular flexibility index (Phi) is 11.2. The van der Waals surface area contributed by atoms with Gasteiger partial charge in [0.2, 0.25) is 10.0 Å². The van der Waals surface area contributed by atoms with Gasteiger partial charge in [-0.15, -0.1) is 24.0 Å². The van der Waals surface area contributed by atoms with Crippen LogP contribution in [0.3, 0.4) is 0 Å². The van der Waals surface area contributed by atoms with E-state index < -0.39 is 10.0 Å². The summed E-state index contributed by atoms with van der Waals surface area (Å²) in [6, 6.07) is 6.78. The molecule has 0 spiro atoms. The largest absolute Gasteiger partial charge is 0.383 e. The van der Waals surface area contributed by atoms with Crippen LogP contribution in [0.5, 0.6) is 0 Å². The highest BCUT2D eigenvalue weighted by Gasteiger charge is 2.22. The minimum Gasteiger partial charge on any atom is -0.383 e. The summed E-state index contributed by atoms with van der Waals surface area (Å²) in [7, 11) is 1.48. The number of guanidine groups is 1. The molecule has 0 radical (unpaired) electrons. The average molecular weight is 484 g/mol. The summed E-state index contributed by atoms with van der Waals surface area (Å²) in [6.07, 6.45) is 0. The molecule has 9 heteroatoms. The molecule has 0 heterocycles. The Bertz CT molecular complexity index is 633. The molecule has 0 bridgehead atoms. The first-order valence-electron chi connectivity index (χ1n) is 7.83. The number of hydrogen-bond acceptors (Lipinski definition) is 4. The molecule has 0 unspecified atom stereocenters. The number of benzene rings is 1. The Balaban J connectivity index is 0.00000576. The van der Waals surface area contributed by atoms with Crippen molar-refractivity contribution in [1.82, 2.24) is 14.9 Å². The molecule has 25 heavy (non-hydrogen) atoms. The monoisotopic (exact) mass is 484 g/mol. The van der Waals surface area contributed by atoms with Gasteiger partial charge < -0.3 is 15.4 Å². The number of halogens is 1. The molecule has 0 aliphatic heterocycles. The molecule has 1 aromatic carbocycles. The van der Waals surface area contributed by atoms with Gasteiger partial charge >= 0.3 is 0 Å². The Morgan fingerprint density at radius 3 is 2.32 bits per heavy atom. The van der Waals surface area contributed by atoms with Gasteiger partial charge in [-0.2, -0.15) is 4.31 Å². The normalized spacial score (nSPS) is 12.2. The smallest absolute Gasteiger partial charge is 0.243 e. The standard InChI is InChI=1S/C16H28N4O3S.HI/c1-13(2)20(4)24(21,22)15-8-6-14(7-9-15)12-19-16(17-3)18-10-11-23-5;/h6-9,13H,10-12H2,1-5H3,(H2,17,18,19);1H. The maximum atomic E-state index is 12.4. The Labute approximate surface area is 168 Å². The van der Waals surface area contributed by atoms with Crippen LogP contribution in [-0.2, 0) is 21.3 Å². The first-order valence-corrected chi connectivity index (χ1v) is 9.27. The molecule has 0 amide bonds. The summed E-state index contributed by atoms with van der Waals surface area (Å²) >= 11 is 0. The Hall–Kier alpha value is -0.910. The third kappa shape index (κ3) is 7.47. The molecule has 0 saturated carbocycles. The number of sulfonamides is 1. The van der Waals surface area contributed by atoms with Crippen LogP contribution in [0.15, 0.2) is 34.2 Å². The number of nitrogens with one attached hydrogen (secondary N) is 2. The van der Waals surface area contributed by atoms with E-state index in [2.05, 4.69) is 15.6 Å². The Morgan fingerprint density at radius 2 is 1.84 bits per heavy atom. The lowest BCUT2D eigenvalue weighted by Gasteiger charge is -2.21. The quantitative estimate of drug-likeness (QED) is 0.254. The van der Waals surface area contributed by atoms with E-state index in [0.29, 0.717) is 30.6 Å². The molecule has 0 saturated heterocycles. The molecule has 144 valence electrons. The van der Waals surface area contributed by atoms with Crippen LogP contribution in [0.2, 0.25) is 0 Å². The van der Waals surface area contributed by atoms with Gasteiger partial charge in [0.15, 0.2) is 5.96 Å². The molecule has 1 aromatic rings. The first kappa shape index (κ1) is 24.1. The number of methoxy groups -OCH3 is 1. The molecular weight excluding hydrogens is 455 g/mol. The van der Waals surface area contributed by atoms with Crippen molar-refractivity contribution in [2.24, 2.45) is 4.99 Å². The molecule has 0 atom stereocenters. The number of ether oxygens (including phenoxy) is 1. The zero-order valence-corrected chi connectivity index (χ0v) is 18.6. The van der Waals surface area contributed by atoms with E-state index >= 15 is 0 Å². The van der Waals surface area contributed by atoms with Crippen LogP contribution in [0.4, 0.5) is 0 Å². The van der Waals surface area contributed by atoms with Gasteiger partial charge in [0.25, 0.3) is 0 Å². The van der Waals surface area contributed by atoms with Crippen molar-refractivity contribution < 1.29 is 13.2 Å². The minimum absolute atomic E-state index is 0. The van der Waals surface area contributed by atoms with Gasteiger partial charge in [0.1, 0.15) is 0 Å². The molecule has 7 nitrogen and oxygen atoms in total. The van der Waals surface area contributed by atoms with Crippen LogP contribution < -0.4 is 10.6 Å². The molecule has 0 aliphatic carbocycles. The summed E-state index contributed by atoms with van der Waals surface area (Å²) in [4.78, 5) is 4.41. The predicted molar refractivity (Wildman–Crippen MR) is 112 cm³/mol. The van der Waals surface area contributed by atoms with Crippen molar-refractivity contribution in [2.75, 3.05) is 34.4 Å². The second-order valence-corrected chi connectivity index (χ2v) is 7.60. The van der Waals surface area contributed by atoms with E-state index in [1.165, 1.54) is 4.31 Å². The molecule has 0 aromatic heterocycles. The minimum atomic E-state index is -3.44. The van der Waals surface area contributed by atoms with E-state index in [4.69, 9.17) is 4.74 Å². The average Bonchev–Trinajstić information content (AvgIpc) is 2.57. The molecule has 0 aliphatic rings. The fourth-order valence-electron chi connectivity index (χ4n) is 1.90. The molecule has 0 fully saturated rings. The Morgan fingerprint density at radius 1 is 1.24 bits per heavy atom. The number of aliphatic imine (C=N–C) groups is 1. The summed E-state index contributed by atoms with van der Waals surface area (Å²) in [6.45, 7) is 5.49. The van der Waals surface area contributed by atoms with Gasteiger partial charge in [-0.25, -0.2) is 8.42 Å². The topological polar surface area (TPSA) is 83.0 Å². The maximum Gasteiger partial charge on any atom is 0.243 e. The second kappa shape index (κ2) is 11.7. The molecule has 1 rings (SSSR count).